The number of hydrogen-bond acceptors (Lipinski definition) is 3. The third-order valence-electron chi connectivity index (χ3n) is 3.27. The molecule has 6 nitrogen and oxygen atoms in total. The highest BCUT2D eigenvalue weighted by Crippen LogP contribution is 2.27. The number of rotatable bonds is 4. The quantitative estimate of drug-likeness (QED) is 0.630. The van der Waals surface area contributed by atoms with Gasteiger partial charge in [0.1, 0.15) is 0 Å². The fourth-order valence-electron chi connectivity index (χ4n) is 1.49. The number of halogens is 1. The molecule has 110 valence electrons. The molecule has 0 heterocycles. The maximum atomic E-state index is 12.3. The number of hydrogen-bond donors (Lipinski definition) is 4. The molecule has 0 aromatic heterocycles. The van der Waals surface area contributed by atoms with Crippen molar-refractivity contribution in [2.75, 3.05) is 11.1 Å². The van der Waals surface area contributed by atoms with Gasteiger partial charge in [0.15, 0.2) is 0 Å². The Morgan fingerprint density at radius 1 is 1.40 bits per heavy atom. The molecule has 1 aromatic carbocycles. The summed E-state index contributed by atoms with van der Waals surface area (Å²) in [5.74, 6) is -0.312. The summed E-state index contributed by atoms with van der Waals surface area (Å²) in [6.07, 6.45) is -1.17. The largest absolute Gasteiger partial charge is 0.465 e. The van der Waals surface area contributed by atoms with Crippen LogP contribution in [0.3, 0.4) is 0 Å². The molecular weight excluding hydrogens is 326 g/mol. The number of nitrogens with one attached hydrogen (secondary N) is 2. The highest BCUT2D eigenvalue weighted by Gasteiger charge is 2.35. The Bertz CT molecular complexity index is 532. The summed E-state index contributed by atoms with van der Waals surface area (Å²) in [6, 6.07) is 4.58. The second kappa shape index (κ2) is 6.13. The fourth-order valence-corrected chi connectivity index (χ4v) is 1.87. The van der Waals surface area contributed by atoms with Crippen LogP contribution in [0, 0.1) is 5.41 Å². The fraction of sp³-hybridized carbons (Fsp3) is 0.385. The minimum atomic E-state index is -1.17. The smallest absolute Gasteiger partial charge is 0.404 e. The van der Waals surface area contributed by atoms with Crippen molar-refractivity contribution in [3.05, 3.63) is 22.7 Å². The molecule has 0 radical (unpaired) electrons. The number of carbonyl (C=O) groups excluding carboxylic acids is 1. The molecular formula is C13H18BrN3O3. The Kier molecular flexibility index (Phi) is 4.99. The molecule has 2 amide bonds. The van der Waals surface area contributed by atoms with Crippen LogP contribution in [0.1, 0.15) is 20.8 Å². The van der Waals surface area contributed by atoms with Gasteiger partial charge in [-0.15, -0.1) is 0 Å². The normalized spacial score (nSPS) is 12.6. The lowest BCUT2D eigenvalue weighted by Gasteiger charge is -2.30. The zero-order chi connectivity index (χ0) is 15.5. The minimum absolute atomic E-state index is 0.312. The van der Waals surface area contributed by atoms with Crippen molar-refractivity contribution in [3.8, 4) is 0 Å². The van der Waals surface area contributed by atoms with Gasteiger partial charge in [0.05, 0.1) is 16.8 Å². The summed E-state index contributed by atoms with van der Waals surface area (Å²) in [4.78, 5) is 22.9. The van der Waals surface area contributed by atoms with E-state index in [-0.39, 0.29) is 5.91 Å². The summed E-state index contributed by atoms with van der Waals surface area (Å²) in [6.45, 7) is 4.97. The second-order valence-electron chi connectivity index (χ2n) is 5.08. The topological polar surface area (TPSA) is 104 Å². The van der Waals surface area contributed by atoms with E-state index in [1.165, 1.54) is 0 Å². The van der Waals surface area contributed by atoms with Gasteiger partial charge in [-0.2, -0.15) is 0 Å². The molecule has 0 aliphatic carbocycles. The van der Waals surface area contributed by atoms with E-state index in [0.29, 0.717) is 11.4 Å². The van der Waals surface area contributed by atoms with Gasteiger partial charge in [-0.25, -0.2) is 4.79 Å². The zero-order valence-corrected chi connectivity index (χ0v) is 13.1. The number of amides is 2. The van der Waals surface area contributed by atoms with Gasteiger partial charge in [0.2, 0.25) is 5.91 Å². The molecule has 5 N–H and O–H groups in total. The van der Waals surface area contributed by atoms with Crippen molar-refractivity contribution in [3.63, 3.8) is 0 Å². The Morgan fingerprint density at radius 3 is 2.50 bits per heavy atom. The van der Waals surface area contributed by atoms with Crippen LogP contribution in [-0.2, 0) is 4.79 Å². The number of nitrogens with two attached hydrogens (primary N) is 1. The molecule has 20 heavy (non-hydrogen) atoms. The molecule has 0 saturated carbocycles. The summed E-state index contributed by atoms with van der Waals surface area (Å²) < 4.78 is 0.813. The number of carbonyl (C=O) groups is 2. The van der Waals surface area contributed by atoms with E-state index >= 15 is 0 Å². The highest BCUT2D eigenvalue weighted by molar-refractivity contribution is 9.10. The molecule has 7 heteroatoms. The van der Waals surface area contributed by atoms with Gasteiger partial charge in [0, 0.05) is 10.5 Å². The Hall–Kier alpha value is -1.76. The average molecular weight is 344 g/mol. The third-order valence-corrected chi connectivity index (χ3v) is 3.76. The van der Waals surface area contributed by atoms with Crippen molar-refractivity contribution in [2.24, 2.45) is 5.41 Å². The van der Waals surface area contributed by atoms with Crippen molar-refractivity contribution >= 4 is 39.3 Å². The molecule has 0 saturated heterocycles. The van der Waals surface area contributed by atoms with Gasteiger partial charge in [-0.1, -0.05) is 15.9 Å². The lowest BCUT2D eigenvalue weighted by molar-refractivity contribution is -0.125. The van der Waals surface area contributed by atoms with Gasteiger partial charge in [-0.05, 0) is 39.0 Å². The van der Waals surface area contributed by atoms with Crippen LogP contribution in [0.25, 0.3) is 0 Å². The molecule has 1 aromatic rings. The van der Waals surface area contributed by atoms with E-state index < -0.39 is 17.6 Å². The Balaban J connectivity index is 2.86. The molecule has 1 atom stereocenters. The van der Waals surface area contributed by atoms with Crippen LogP contribution in [0.4, 0.5) is 16.2 Å². The number of carboxylic acid groups (broad SMARTS) is 1. The predicted molar refractivity (Wildman–Crippen MR) is 81.6 cm³/mol. The standard InChI is InChI=1S/C13H18BrN3O3/c1-7(16-12(19)20)13(2,3)11(18)17-10-5-4-8(14)6-9(10)15/h4-7,16H,15H2,1-3H3,(H,17,18)(H,19,20). The van der Waals surface area contributed by atoms with E-state index in [4.69, 9.17) is 10.8 Å². The van der Waals surface area contributed by atoms with E-state index in [1.54, 1.807) is 39.0 Å². The lowest BCUT2D eigenvalue weighted by Crippen LogP contribution is -2.48. The van der Waals surface area contributed by atoms with Gasteiger partial charge < -0.3 is 21.5 Å². The summed E-state index contributed by atoms with van der Waals surface area (Å²) in [5.41, 5.74) is 5.82. The first kappa shape index (κ1) is 16.3. The van der Waals surface area contributed by atoms with E-state index in [1.807, 2.05) is 0 Å². The summed E-state index contributed by atoms with van der Waals surface area (Å²) in [7, 11) is 0. The van der Waals surface area contributed by atoms with Crippen molar-refractivity contribution in [2.45, 2.75) is 26.8 Å². The minimum Gasteiger partial charge on any atom is -0.465 e. The van der Waals surface area contributed by atoms with E-state index in [0.717, 1.165) is 4.47 Å². The van der Waals surface area contributed by atoms with Crippen molar-refractivity contribution < 1.29 is 14.7 Å². The van der Waals surface area contributed by atoms with Crippen LogP contribution in [0.15, 0.2) is 22.7 Å². The van der Waals surface area contributed by atoms with E-state index in [9.17, 15) is 9.59 Å². The van der Waals surface area contributed by atoms with Crippen LogP contribution in [0.2, 0.25) is 0 Å². The van der Waals surface area contributed by atoms with Crippen LogP contribution in [0.5, 0.6) is 0 Å². The monoisotopic (exact) mass is 343 g/mol. The number of nitrogen functional groups attached to an aromatic ring is 1. The maximum absolute atomic E-state index is 12.3. The SMILES string of the molecule is CC(NC(=O)O)C(C)(C)C(=O)Nc1ccc(Br)cc1N. The molecule has 0 spiro atoms. The van der Waals surface area contributed by atoms with Crippen molar-refractivity contribution in [1.29, 1.82) is 0 Å². The molecule has 1 unspecified atom stereocenters. The van der Waals surface area contributed by atoms with Crippen molar-refractivity contribution in [1.82, 2.24) is 5.32 Å². The van der Waals surface area contributed by atoms with E-state index in [2.05, 4.69) is 26.6 Å². The molecule has 0 bridgehead atoms. The molecule has 0 fully saturated rings. The van der Waals surface area contributed by atoms with Crippen LogP contribution < -0.4 is 16.4 Å². The number of anilines is 2. The summed E-state index contributed by atoms with van der Waals surface area (Å²) >= 11 is 3.28. The van der Waals surface area contributed by atoms with Gasteiger partial charge in [0.25, 0.3) is 0 Å². The Labute approximate surface area is 125 Å². The first-order valence-corrected chi connectivity index (χ1v) is 6.80. The van der Waals surface area contributed by atoms with Crippen LogP contribution >= 0.6 is 15.9 Å². The van der Waals surface area contributed by atoms with Gasteiger partial charge >= 0.3 is 6.09 Å². The molecule has 1 rings (SSSR count). The Morgan fingerprint density at radius 2 is 2.00 bits per heavy atom. The molecule has 0 aliphatic heterocycles. The lowest BCUT2D eigenvalue weighted by atomic mass is 9.84. The third kappa shape index (κ3) is 3.86. The first-order valence-electron chi connectivity index (χ1n) is 6.00. The molecule has 0 aliphatic rings. The average Bonchev–Trinajstić information content (AvgIpc) is 2.31. The zero-order valence-electron chi connectivity index (χ0n) is 11.5. The predicted octanol–water partition coefficient (Wildman–Crippen LogP) is 2.65. The highest BCUT2D eigenvalue weighted by atomic mass is 79.9. The summed E-state index contributed by atoms with van der Waals surface area (Å²) in [5, 5.41) is 13.7. The first-order chi connectivity index (χ1) is 9.14. The van der Waals surface area contributed by atoms with Gasteiger partial charge in [-0.3, -0.25) is 4.79 Å². The van der Waals surface area contributed by atoms with Crippen LogP contribution in [-0.4, -0.2) is 23.1 Å². The maximum Gasteiger partial charge on any atom is 0.404 e. The number of benzene rings is 1. The second-order valence-corrected chi connectivity index (χ2v) is 5.99.